The van der Waals surface area contributed by atoms with E-state index in [2.05, 4.69) is 284 Å². The molecule has 0 bridgehead atoms. The quantitative estimate of drug-likeness (QED) is 0.108. The largest absolute Gasteiger partial charge is 3.00 e. The summed E-state index contributed by atoms with van der Waals surface area (Å²) in [5.74, 6) is 0. The van der Waals surface area contributed by atoms with Gasteiger partial charge in [-0.1, -0.05) is 247 Å². The van der Waals surface area contributed by atoms with Crippen LogP contribution in [0.4, 0.5) is 0 Å². The second-order valence-electron chi connectivity index (χ2n) is 26.4. The second kappa shape index (κ2) is 26.0. The van der Waals surface area contributed by atoms with Crippen LogP contribution in [0.15, 0.2) is 292 Å². The molecule has 0 saturated carbocycles. The minimum absolute atomic E-state index is 0. The topological polar surface area (TPSA) is 38.7 Å². The van der Waals surface area contributed by atoms with Crippen LogP contribution in [0, 0.1) is 23.6 Å². The second-order valence-corrected chi connectivity index (χ2v) is 27.3. The van der Waals surface area contributed by atoms with Gasteiger partial charge < -0.3 is 15.0 Å². The van der Waals surface area contributed by atoms with Crippen molar-refractivity contribution in [3.05, 3.63) is 331 Å². The Morgan fingerprint density at radius 1 is 0.271 bits per heavy atom. The zero-order valence-corrected chi connectivity index (χ0v) is 58.1. The smallest absolute Gasteiger partial charge is 0.304 e. The van der Waals surface area contributed by atoms with E-state index < -0.39 is 0 Å². The van der Waals surface area contributed by atoms with Gasteiger partial charge in [0.15, 0.2) is 0 Å². The first-order chi connectivity index (χ1) is 46.1. The van der Waals surface area contributed by atoms with E-state index in [0.29, 0.717) is 0 Å². The number of nitrogens with zero attached hydrogens (tertiary/aromatic N) is 3. The van der Waals surface area contributed by atoms with Crippen molar-refractivity contribution < 1.29 is 20.1 Å². The molecule has 3 aromatic heterocycles. The van der Waals surface area contributed by atoms with Crippen molar-refractivity contribution in [1.82, 2.24) is 15.0 Å². The molecule has 0 spiro atoms. The van der Waals surface area contributed by atoms with Gasteiger partial charge in [0.25, 0.3) is 0 Å². The van der Waals surface area contributed by atoms with E-state index in [1.165, 1.54) is 11.1 Å². The fourth-order valence-corrected chi connectivity index (χ4v) is 14.3. The Labute approximate surface area is 587 Å². The maximum Gasteiger partial charge on any atom is 3.00 e. The van der Waals surface area contributed by atoms with Crippen molar-refractivity contribution in [2.45, 2.75) is 52.4 Å². The van der Waals surface area contributed by atoms with Crippen LogP contribution in [0.3, 0.4) is 0 Å². The summed E-state index contributed by atoms with van der Waals surface area (Å²) in [6.07, 6.45) is 6.02. The maximum atomic E-state index is 6.34. The Hall–Kier alpha value is -9.90. The number of fused-ring (bicyclic) bond motifs is 1. The molecule has 0 fully saturated rings. The molecule has 11 aromatic carbocycles. The van der Waals surface area contributed by atoms with Gasteiger partial charge in [-0.3, -0.25) is 0 Å². The first-order valence-corrected chi connectivity index (χ1v) is 33.1. The number of pyridine rings is 3. The third-order valence-electron chi connectivity index (χ3n) is 20.5. The van der Waals surface area contributed by atoms with Crippen molar-refractivity contribution in [2.24, 2.45) is 5.41 Å². The van der Waals surface area contributed by atoms with Crippen molar-refractivity contribution in [3.8, 4) is 145 Å². The van der Waals surface area contributed by atoms with Crippen LogP contribution in [0.2, 0.25) is 10.0 Å². The van der Waals surface area contributed by atoms with Crippen LogP contribution in [-0.4, -0.2) is 15.0 Å². The van der Waals surface area contributed by atoms with Gasteiger partial charge in [-0.2, -0.15) is 0 Å². The zero-order valence-electron chi connectivity index (χ0n) is 54.1. The SMILES string of the molecule is CC1(C)c2c[c-]c(-c3ccc(-c4ccccc4-c4cc(-c5ccccc5-c5ccc(-c6[c-]ccc(-c7ccc(-c8cccc(Cl)c8)cc7)c6)nc5)cc(-c5ccccc5-c5ccc(-c6[c-]ccc(-c7ccc(-c8cccc(Cl)c8)cc7)c6)nc5)c4)cn3)cc2C(C)(C)C1(C)C.[Ir+3]. The minimum Gasteiger partial charge on any atom is -0.304 e. The molecular weight excluding hydrogens is 1390 g/mol. The van der Waals surface area contributed by atoms with Crippen LogP contribution in [0.25, 0.3) is 145 Å². The van der Waals surface area contributed by atoms with Gasteiger partial charge in [-0.15, -0.1) is 106 Å². The Balaban J connectivity index is 0.00000792. The molecule has 1 aliphatic rings. The van der Waals surface area contributed by atoms with Gasteiger partial charge in [-0.25, -0.2) is 0 Å². The van der Waals surface area contributed by atoms with E-state index in [9.17, 15) is 0 Å². The molecule has 3 nitrogen and oxygen atoms in total. The van der Waals surface area contributed by atoms with E-state index in [1.807, 2.05) is 67.1 Å². The molecule has 1 aliphatic carbocycles. The molecule has 96 heavy (non-hydrogen) atoms. The van der Waals surface area contributed by atoms with E-state index in [-0.39, 0.29) is 36.4 Å². The van der Waals surface area contributed by atoms with Crippen molar-refractivity contribution in [2.75, 3.05) is 0 Å². The summed E-state index contributed by atoms with van der Waals surface area (Å²) in [7, 11) is 0. The van der Waals surface area contributed by atoms with E-state index in [0.717, 1.165) is 155 Å². The molecule has 0 amide bonds. The predicted molar refractivity (Wildman–Crippen MR) is 397 cm³/mol. The zero-order chi connectivity index (χ0) is 65.0. The molecule has 0 aliphatic heterocycles. The van der Waals surface area contributed by atoms with Gasteiger partial charge in [0.05, 0.1) is 0 Å². The summed E-state index contributed by atoms with van der Waals surface area (Å²) in [5, 5.41) is 1.44. The molecule has 0 unspecified atom stereocenters. The molecule has 0 radical (unpaired) electrons. The Morgan fingerprint density at radius 3 is 0.917 bits per heavy atom. The number of hydrogen-bond donors (Lipinski definition) is 0. The van der Waals surface area contributed by atoms with Crippen LogP contribution < -0.4 is 0 Å². The maximum absolute atomic E-state index is 6.34. The van der Waals surface area contributed by atoms with Gasteiger partial charge in [0.2, 0.25) is 0 Å². The molecular formula is C90H66Cl2IrN3. The fourth-order valence-electron chi connectivity index (χ4n) is 14.0. The van der Waals surface area contributed by atoms with Crippen molar-refractivity contribution in [3.63, 3.8) is 0 Å². The fraction of sp³-hybridized carbons (Fsp3) is 0.100. The number of benzene rings is 11. The predicted octanol–water partition coefficient (Wildman–Crippen LogP) is 24.8. The van der Waals surface area contributed by atoms with E-state index >= 15 is 0 Å². The first-order valence-electron chi connectivity index (χ1n) is 32.3. The summed E-state index contributed by atoms with van der Waals surface area (Å²) in [6, 6.07) is 107. The molecule has 15 rings (SSSR count). The molecule has 14 aromatic rings. The first kappa shape index (κ1) is 63.5. The number of rotatable bonds is 13. The molecule has 464 valence electrons. The van der Waals surface area contributed by atoms with Crippen molar-refractivity contribution >= 4 is 23.2 Å². The van der Waals surface area contributed by atoms with Crippen LogP contribution in [0.5, 0.6) is 0 Å². The van der Waals surface area contributed by atoms with Crippen LogP contribution in [0.1, 0.15) is 52.7 Å². The molecule has 0 N–H and O–H groups in total. The molecule has 0 saturated heterocycles. The van der Waals surface area contributed by atoms with Gasteiger partial charge >= 0.3 is 20.1 Å². The molecule has 0 atom stereocenters. The average molecular weight is 1450 g/mol. The monoisotopic (exact) mass is 1450 g/mol. The summed E-state index contributed by atoms with van der Waals surface area (Å²) in [6.45, 7) is 14.3. The van der Waals surface area contributed by atoms with E-state index in [4.69, 9.17) is 38.2 Å². The van der Waals surface area contributed by atoms with Crippen LogP contribution >= 0.6 is 23.2 Å². The molecule has 6 heteroatoms. The third-order valence-corrected chi connectivity index (χ3v) is 20.9. The van der Waals surface area contributed by atoms with Gasteiger partial charge in [0, 0.05) is 28.6 Å². The summed E-state index contributed by atoms with van der Waals surface area (Å²) in [5.41, 5.74) is 29.8. The Kier molecular flexibility index (Phi) is 17.2. The average Bonchev–Trinajstić information content (AvgIpc) is 1.54. The minimum atomic E-state index is -0.0327. The number of halogens is 2. The molecule has 3 heterocycles. The summed E-state index contributed by atoms with van der Waals surface area (Å²) in [4.78, 5) is 15.5. The van der Waals surface area contributed by atoms with Crippen LogP contribution in [-0.2, 0) is 30.9 Å². The Morgan fingerprint density at radius 2 is 0.583 bits per heavy atom. The normalized spacial score (nSPS) is 13.4. The van der Waals surface area contributed by atoms with Crippen molar-refractivity contribution in [1.29, 1.82) is 0 Å². The summed E-state index contributed by atoms with van der Waals surface area (Å²) >= 11 is 12.7. The van der Waals surface area contributed by atoms with Gasteiger partial charge in [-0.05, 0) is 176 Å². The number of hydrogen-bond acceptors (Lipinski definition) is 3. The Bertz CT molecular complexity index is 4970. The van der Waals surface area contributed by atoms with E-state index in [1.54, 1.807) is 0 Å². The number of aromatic nitrogens is 3. The standard InChI is InChI=1S/C90H66Cl2N3.Ir/c1-88(2)83-43-39-68(54-84(83)89(3,4)90(88,5)6)87-46-42-71(57-95-87)79-27-9-12-30-82(79)74-50-72(80-28-10-7-25-77(80)69-40-44-85(93-55-69)66-21-13-17-62(47-66)58-31-35-60(36-32-58)64-19-15-23-75(91)52-64)49-73(51-74)81-29-11-8-26-78(81)70-41-45-86(94-56-70)67-22-14-18-63(48-67)59-33-37-61(38-34-59)65-20-16-24-76(92)53-65;/h7-20,23-38,40-57H,1-6H3;/q-3;+3. The third kappa shape index (κ3) is 12.0. The van der Waals surface area contributed by atoms with Gasteiger partial charge in [0.1, 0.15) is 0 Å². The summed E-state index contributed by atoms with van der Waals surface area (Å²) < 4.78 is 0.